The summed E-state index contributed by atoms with van der Waals surface area (Å²) >= 11 is 0. The minimum absolute atomic E-state index is 0.207. The highest BCUT2D eigenvalue weighted by Gasteiger charge is 2.41. The van der Waals surface area contributed by atoms with Gasteiger partial charge in [0, 0.05) is 44.5 Å². The molecule has 144 valence electrons. The van der Waals surface area contributed by atoms with Crippen molar-refractivity contribution in [2.24, 2.45) is 0 Å². The highest BCUT2D eigenvalue weighted by molar-refractivity contribution is 5.86. The molecule has 2 N–H and O–H groups in total. The van der Waals surface area contributed by atoms with Gasteiger partial charge in [-0.3, -0.25) is 9.78 Å². The summed E-state index contributed by atoms with van der Waals surface area (Å²) in [7, 11) is 1.63. The number of likely N-dealkylation sites (tertiary alicyclic amines) is 1. The summed E-state index contributed by atoms with van der Waals surface area (Å²) in [5.41, 5.74) is 0.642. The molecule has 6 nitrogen and oxygen atoms in total. The normalized spacial score (nSPS) is 19.9. The van der Waals surface area contributed by atoms with Crippen molar-refractivity contribution in [3.05, 3.63) is 59.9 Å². The van der Waals surface area contributed by atoms with Crippen molar-refractivity contribution in [2.45, 2.75) is 31.4 Å². The number of carbonyl (C=O) groups excluding carboxylic acids is 1. The molecule has 27 heavy (non-hydrogen) atoms. The third kappa shape index (κ3) is 5.05. The van der Waals surface area contributed by atoms with E-state index in [0.717, 1.165) is 29.8 Å². The Kier molecular flexibility index (Phi) is 6.42. The molecule has 1 aliphatic rings. The Labute approximate surface area is 160 Å². The van der Waals surface area contributed by atoms with Crippen LogP contribution in [-0.2, 0) is 17.8 Å². The number of amides is 1. The van der Waals surface area contributed by atoms with Crippen molar-refractivity contribution in [1.82, 2.24) is 15.2 Å². The van der Waals surface area contributed by atoms with E-state index in [4.69, 9.17) is 4.74 Å². The van der Waals surface area contributed by atoms with Crippen molar-refractivity contribution in [1.29, 1.82) is 0 Å². The predicted octanol–water partition coefficient (Wildman–Crippen LogP) is 1.78. The van der Waals surface area contributed by atoms with Gasteiger partial charge in [0.2, 0.25) is 0 Å². The number of pyridine rings is 1. The monoisotopic (exact) mass is 369 g/mol. The Hall–Kier alpha value is -2.44. The molecule has 1 aromatic carbocycles. The smallest absolute Gasteiger partial charge is 0.256 e. The predicted molar refractivity (Wildman–Crippen MR) is 103 cm³/mol. The van der Waals surface area contributed by atoms with Crippen LogP contribution in [0.15, 0.2) is 48.7 Å². The Morgan fingerprint density at radius 3 is 2.96 bits per heavy atom. The number of nitrogens with zero attached hydrogens (tertiary/aromatic N) is 2. The maximum atomic E-state index is 12.9. The van der Waals surface area contributed by atoms with Crippen molar-refractivity contribution >= 4 is 5.91 Å². The third-order valence-electron chi connectivity index (χ3n) is 4.91. The number of carbonyl (C=O) groups is 1. The maximum absolute atomic E-state index is 12.9. The molecule has 3 rings (SSSR count). The first-order chi connectivity index (χ1) is 13.1. The van der Waals surface area contributed by atoms with Crippen LogP contribution < -0.4 is 10.1 Å². The molecule has 1 aromatic heterocycles. The number of rotatable bonds is 8. The van der Waals surface area contributed by atoms with Crippen molar-refractivity contribution in [3.8, 4) is 5.75 Å². The largest absolute Gasteiger partial charge is 0.497 e. The van der Waals surface area contributed by atoms with Crippen LogP contribution in [0.5, 0.6) is 5.75 Å². The minimum atomic E-state index is -1.35. The second-order valence-corrected chi connectivity index (χ2v) is 6.96. The Bertz CT molecular complexity index is 753. The van der Waals surface area contributed by atoms with E-state index >= 15 is 0 Å². The number of ether oxygens (including phenoxy) is 1. The number of aromatic nitrogens is 1. The number of piperidine rings is 1. The third-order valence-corrected chi connectivity index (χ3v) is 4.91. The molecular weight excluding hydrogens is 342 g/mol. The van der Waals surface area contributed by atoms with Crippen LogP contribution in [0.3, 0.4) is 0 Å². The molecule has 1 aliphatic heterocycles. The quantitative estimate of drug-likeness (QED) is 0.694. The molecule has 1 atom stereocenters. The van der Waals surface area contributed by atoms with Gasteiger partial charge in [0.05, 0.1) is 7.11 Å². The van der Waals surface area contributed by atoms with Crippen LogP contribution in [0.4, 0.5) is 0 Å². The first-order valence-corrected chi connectivity index (χ1v) is 9.36. The standard InChI is InChI=1S/C21H27N3O3/c1-27-19-8-4-6-17(14-19)15-24-13-5-10-21(26,20(24)25)16-22-12-9-18-7-2-3-11-23-18/h2-4,6-8,11,14,22,26H,5,9-10,12-13,15-16H2,1H3/t21-/m0/s1. The molecule has 0 spiro atoms. The van der Waals surface area contributed by atoms with Gasteiger partial charge in [0.1, 0.15) is 5.75 Å². The average Bonchev–Trinajstić information content (AvgIpc) is 2.70. The molecule has 0 bridgehead atoms. The molecule has 0 unspecified atom stereocenters. The molecule has 1 saturated heterocycles. The van der Waals surface area contributed by atoms with Gasteiger partial charge in [0.25, 0.3) is 5.91 Å². The molecule has 2 aromatic rings. The Morgan fingerprint density at radius 1 is 1.30 bits per heavy atom. The SMILES string of the molecule is COc1cccc(CN2CCC[C@](O)(CNCCc3ccccn3)C2=O)c1. The first-order valence-electron chi connectivity index (χ1n) is 9.36. The van der Waals surface area contributed by atoms with E-state index in [9.17, 15) is 9.90 Å². The number of hydrogen-bond acceptors (Lipinski definition) is 5. The van der Waals surface area contributed by atoms with Crippen molar-refractivity contribution < 1.29 is 14.6 Å². The number of aliphatic hydroxyl groups is 1. The van der Waals surface area contributed by atoms with Gasteiger partial charge >= 0.3 is 0 Å². The number of methoxy groups -OCH3 is 1. The fourth-order valence-corrected chi connectivity index (χ4v) is 3.43. The minimum Gasteiger partial charge on any atom is -0.497 e. The summed E-state index contributed by atoms with van der Waals surface area (Å²) in [4.78, 5) is 18.9. The highest BCUT2D eigenvalue weighted by atomic mass is 16.5. The lowest BCUT2D eigenvalue weighted by atomic mass is 9.91. The highest BCUT2D eigenvalue weighted by Crippen LogP contribution is 2.24. The summed E-state index contributed by atoms with van der Waals surface area (Å²) in [6, 6.07) is 13.5. The maximum Gasteiger partial charge on any atom is 0.256 e. The molecule has 0 radical (unpaired) electrons. The van der Waals surface area contributed by atoms with Crippen LogP contribution in [0.2, 0.25) is 0 Å². The molecule has 2 heterocycles. The van der Waals surface area contributed by atoms with Gasteiger partial charge in [-0.1, -0.05) is 18.2 Å². The lowest BCUT2D eigenvalue weighted by Gasteiger charge is -2.38. The second-order valence-electron chi connectivity index (χ2n) is 6.96. The van der Waals surface area contributed by atoms with Crippen molar-refractivity contribution in [3.63, 3.8) is 0 Å². The zero-order valence-electron chi connectivity index (χ0n) is 15.7. The van der Waals surface area contributed by atoms with E-state index < -0.39 is 5.60 Å². The summed E-state index contributed by atoms with van der Waals surface area (Å²) in [5, 5.41) is 14.1. The second kappa shape index (κ2) is 8.97. The topological polar surface area (TPSA) is 74.7 Å². The van der Waals surface area contributed by atoms with E-state index in [1.54, 1.807) is 18.2 Å². The van der Waals surface area contributed by atoms with E-state index in [0.29, 0.717) is 26.1 Å². The van der Waals surface area contributed by atoms with E-state index in [1.807, 2.05) is 42.5 Å². The molecule has 1 fully saturated rings. The van der Waals surface area contributed by atoms with Gasteiger partial charge in [0.15, 0.2) is 5.60 Å². The van der Waals surface area contributed by atoms with Crippen LogP contribution in [0, 0.1) is 0 Å². The van der Waals surface area contributed by atoms with Crippen LogP contribution >= 0.6 is 0 Å². The van der Waals surface area contributed by atoms with Crippen LogP contribution in [0.1, 0.15) is 24.1 Å². The summed E-state index contributed by atoms with van der Waals surface area (Å²) in [6.07, 6.45) is 3.80. The fraction of sp³-hybridized carbons (Fsp3) is 0.429. The molecule has 0 aliphatic carbocycles. The Balaban J connectivity index is 1.54. The van der Waals surface area contributed by atoms with Gasteiger partial charge in [-0.15, -0.1) is 0 Å². The average molecular weight is 369 g/mol. The lowest BCUT2D eigenvalue weighted by molar-refractivity contribution is -0.157. The number of hydrogen-bond donors (Lipinski definition) is 2. The number of nitrogens with one attached hydrogen (secondary N) is 1. The zero-order valence-corrected chi connectivity index (χ0v) is 15.7. The van der Waals surface area contributed by atoms with E-state index in [1.165, 1.54) is 0 Å². The Morgan fingerprint density at radius 2 is 2.19 bits per heavy atom. The fourth-order valence-electron chi connectivity index (χ4n) is 3.43. The zero-order chi connectivity index (χ0) is 19.1. The van der Waals surface area contributed by atoms with E-state index in [2.05, 4.69) is 10.3 Å². The van der Waals surface area contributed by atoms with Gasteiger partial charge in [-0.25, -0.2) is 0 Å². The molecule has 6 heteroatoms. The van der Waals surface area contributed by atoms with Gasteiger partial charge in [-0.2, -0.15) is 0 Å². The molecular formula is C21H27N3O3. The van der Waals surface area contributed by atoms with E-state index in [-0.39, 0.29) is 12.5 Å². The first kappa shape index (κ1) is 19.3. The lowest BCUT2D eigenvalue weighted by Crippen LogP contribution is -2.57. The van der Waals surface area contributed by atoms with Gasteiger partial charge < -0.3 is 20.1 Å². The number of benzene rings is 1. The van der Waals surface area contributed by atoms with Gasteiger partial charge in [-0.05, 0) is 42.7 Å². The molecule has 1 amide bonds. The van der Waals surface area contributed by atoms with Crippen LogP contribution in [-0.4, -0.2) is 53.2 Å². The summed E-state index contributed by atoms with van der Waals surface area (Å²) in [5.74, 6) is 0.560. The molecule has 0 saturated carbocycles. The van der Waals surface area contributed by atoms with Crippen molar-refractivity contribution in [2.75, 3.05) is 26.7 Å². The van der Waals surface area contributed by atoms with Crippen LogP contribution in [0.25, 0.3) is 0 Å². The summed E-state index contributed by atoms with van der Waals surface area (Å²) in [6.45, 7) is 2.06. The summed E-state index contributed by atoms with van der Waals surface area (Å²) < 4.78 is 5.25.